The van der Waals surface area contributed by atoms with E-state index in [9.17, 15) is 4.79 Å². The largest absolute Gasteiger partial charge is 0.491 e. The number of carbonyl (C=O) groups is 1. The molecule has 1 fully saturated rings. The van der Waals surface area contributed by atoms with Gasteiger partial charge in [-0.2, -0.15) is 0 Å². The molecule has 9 nitrogen and oxygen atoms in total. The number of thiophene rings is 1. The van der Waals surface area contributed by atoms with Crippen LogP contribution in [0.15, 0.2) is 24.5 Å². The molecular formula is C23H27N7O2S. The van der Waals surface area contributed by atoms with Gasteiger partial charge in [-0.3, -0.25) is 9.89 Å². The van der Waals surface area contributed by atoms with E-state index in [4.69, 9.17) is 4.74 Å². The van der Waals surface area contributed by atoms with Crippen LogP contribution in [0.2, 0.25) is 0 Å². The second kappa shape index (κ2) is 9.30. The molecule has 0 atom stereocenters. The lowest BCUT2D eigenvalue weighted by atomic mass is 10.1. The summed E-state index contributed by atoms with van der Waals surface area (Å²) in [7, 11) is 0. The Hall–Kier alpha value is -3.27. The molecule has 1 saturated heterocycles. The van der Waals surface area contributed by atoms with Gasteiger partial charge < -0.3 is 14.5 Å². The van der Waals surface area contributed by atoms with E-state index in [0.29, 0.717) is 43.8 Å². The van der Waals surface area contributed by atoms with Crippen molar-refractivity contribution in [3.63, 3.8) is 0 Å². The lowest BCUT2D eigenvalue weighted by Gasteiger charge is -2.35. The number of nitrogens with zero attached hydrogens (tertiary/aromatic N) is 6. The number of benzene rings is 1. The van der Waals surface area contributed by atoms with Crippen molar-refractivity contribution in [1.82, 2.24) is 30.3 Å². The minimum Gasteiger partial charge on any atom is -0.491 e. The van der Waals surface area contributed by atoms with Crippen molar-refractivity contribution in [3.8, 4) is 5.75 Å². The second-order valence-corrected chi connectivity index (χ2v) is 9.25. The molecule has 1 amide bonds. The summed E-state index contributed by atoms with van der Waals surface area (Å²) >= 11 is 1.75. The van der Waals surface area contributed by atoms with Crippen LogP contribution in [0.5, 0.6) is 5.75 Å². The molecular weight excluding hydrogens is 438 g/mol. The molecule has 0 saturated carbocycles. The highest BCUT2D eigenvalue weighted by molar-refractivity contribution is 7.18. The summed E-state index contributed by atoms with van der Waals surface area (Å²) in [6.45, 7) is 7.76. The van der Waals surface area contributed by atoms with Gasteiger partial charge in [0.05, 0.1) is 17.5 Å². The number of hydrogen-bond acceptors (Lipinski definition) is 8. The molecule has 10 heteroatoms. The van der Waals surface area contributed by atoms with Crippen LogP contribution in [-0.4, -0.2) is 69.0 Å². The fourth-order valence-electron chi connectivity index (χ4n) is 4.37. The van der Waals surface area contributed by atoms with Crippen molar-refractivity contribution in [1.29, 1.82) is 0 Å². The molecule has 4 aromatic rings. The van der Waals surface area contributed by atoms with Crippen LogP contribution in [0.1, 0.15) is 30.2 Å². The molecule has 1 aromatic carbocycles. The Balaban J connectivity index is 1.14. The van der Waals surface area contributed by atoms with Gasteiger partial charge in [-0.05, 0) is 37.5 Å². The maximum Gasteiger partial charge on any atom is 0.222 e. The molecule has 0 radical (unpaired) electrons. The summed E-state index contributed by atoms with van der Waals surface area (Å²) in [5, 5.41) is 11.9. The van der Waals surface area contributed by atoms with Crippen LogP contribution in [0, 0.1) is 6.92 Å². The molecule has 0 unspecified atom stereocenters. The first-order valence-corrected chi connectivity index (χ1v) is 12.2. The van der Waals surface area contributed by atoms with Gasteiger partial charge in [0, 0.05) is 37.5 Å². The predicted octanol–water partition coefficient (Wildman–Crippen LogP) is 3.34. The number of fused-ring (bicyclic) bond motifs is 2. The smallest absolute Gasteiger partial charge is 0.222 e. The van der Waals surface area contributed by atoms with Crippen LogP contribution < -0.4 is 9.64 Å². The van der Waals surface area contributed by atoms with Crippen LogP contribution in [-0.2, 0) is 11.2 Å². The van der Waals surface area contributed by atoms with Gasteiger partial charge in [-0.25, -0.2) is 9.97 Å². The molecule has 1 aliphatic rings. The average molecular weight is 466 g/mol. The average Bonchev–Trinajstić information content (AvgIpc) is 3.46. The molecule has 1 aliphatic heterocycles. The molecule has 33 heavy (non-hydrogen) atoms. The number of anilines is 1. The van der Waals surface area contributed by atoms with E-state index in [1.54, 1.807) is 17.7 Å². The number of aromatic nitrogens is 5. The lowest BCUT2D eigenvalue weighted by Crippen LogP contribution is -2.49. The Bertz CT molecular complexity index is 1280. The van der Waals surface area contributed by atoms with E-state index < -0.39 is 0 Å². The topological polar surface area (TPSA) is 100 Å². The number of hydrogen-bond donors (Lipinski definition) is 1. The summed E-state index contributed by atoms with van der Waals surface area (Å²) in [5.41, 5.74) is 2.84. The summed E-state index contributed by atoms with van der Waals surface area (Å²) in [6.07, 6.45) is 3.79. The highest BCUT2D eigenvalue weighted by atomic mass is 32.1. The minimum absolute atomic E-state index is 0.172. The number of aromatic amines is 1. The number of ether oxygens (including phenoxy) is 1. The van der Waals surface area contributed by atoms with E-state index >= 15 is 0 Å². The third-order valence-electron chi connectivity index (χ3n) is 6.17. The number of aryl methyl sites for hydroxylation is 2. The Morgan fingerprint density at radius 2 is 2.06 bits per heavy atom. The Morgan fingerprint density at radius 3 is 2.88 bits per heavy atom. The Kier molecular flexibility index (Phi) is 6.08. The molecule has 1 N–H and O–H groups in total. The summed E-state index contributed by atoms with van der Waals surface area (Å²) < 4.78 is 5.84. The van der Waals surface area contributed by atoms with Gasteiger partial charge in [0.2, 0.25) is 5.91 Å². The zero-order chi connectivity index (χ0) is 22.8. The van der Waals surface area contributed by atoms with Gasteiger partial charge in [-0.15, -0.1) is 16.4 Å². The summed E-state index contributed by atoms with van der Waals surface area (Å²) in [5.74, 6) is 1.86. The highest BCUT2D eigenvalue weighted by Crippen LogP contribution is 2.35. The SMILES string of the molecule is CCc1sc2ncnc(N3CCN(C(=O)CCCOc4cccc5[nH]nnc45)CC3)c2c1C. The molecule has 0 spiro atoms. The van der Waals surface area contributed by atoms with Crippen molar-refractivity contribution in [2.45, 2.75) is 33.1 Å². The maximum absolute atomic E-state index is 12.7. The fraction of sp³-hybridized carbons (Fsp3) is 0.435. The van der Waals surface area contributed by atoms with E-state index in [0.717, 1.165) is 35.7 Å². The number of rotatable bonds is 7. The van der Waals surface area contributed by atoms with Gasteiger partial charge in [-0.1, -0.05) is 18.2 Å². The predicted molar refractivity (Wildman–Crippen MR) is 129 cm³/mol. The fourth-order valence-corrected chi connectivity index (χ4v) is 5.45. The van der Waals surface area contributed by atoms with E-state index in [-0.39, 0.29) is 5.91 Å². The third-order valence-corrected chi connectivity index (χ3v) is 7.51. The number of piperazine rings is 1. The van der Waals surface area contributed by atoms with E-state index in [1.807, 2.05) is 23.1 Å². The van der Waals surface area contributed by atoms with Crippen LogP contribution in [0.3, 0.4) is 0 Å². The molecule has 5 rings (SSSR count). The maximum atomic E-state index is 12.7. The summed E-state index contributed by atoms with van der Waals surface area (Å²) in [6, 6.07) is 5.67. The molecule has 172 valence electrons. The second-order valence-electron chi connectivity index (χ2n) is 8.17. The zero-order valence-electron chi connectivity index (χ0n) is 18.9. The first-order valence-electron chi connectivity index (χ1n) is 11.3. The van der Waals surface area contributed by atoms with Gasteiger partial charge in [0.1, 0.15) is 22.7 Å². The van der Waals surface area contributed by atoms with E-state index in [1.165, 1.54) is 15.8 Å². The first-order chi connectivity index (χ1) is 16.2. The van der Waals surface area contributed by atoms with Crippen LogP contribution in [0.25, 0.3) is 21.3 Å². The van der Waals surface area contributed by atoms with Gasteiger partial charge >= 0.3 is 0 Å². The Labute approximate surface area is 195 Å². The highest BCUT2D eigenvalue weighted by Gasteiger charge is 2.24. The Morgan fingerprint density at radius 1 is 1.21 bits per heavy atom. The molecule has 3 aromatic heterocycles. The third kappa shape index (κ3) is 4.22. The minimum atomic E-state index is 0.172. The normalized spacial score (nSPS) is 14.4. The first kappa shape index (κ1) is 21.6. The molecule has 4 heterocycles. The van der Waals surface area contributed by atoms with E-state index in [2.05, 4.69) is 44.1 Å². The monoisotopic (exact) mass is 465 g/mol. The lowest BCUT2D eigenvalue weighted by molar-refractivity contribution is -0.131. The van der Waals surface area contributed by atoms with Crippen LogP contribution in [0.4, 0.5) is 5.82 Å². The quantitative estimate of drug-likeness (QED) is 0.418. The zero-order valence-corrected chi connectivity index (χ0v) is 19.7. The molecule has 0 aliphatic carbocycles. The number of H-pyrrole nitrogens is 1. The van der Waals surface area contributed by atoms with Gasteiger partial charge in [0.25, 0.3) is 0 Å². The van der Waals surface area contributed by atoms with Gasteiger partial charge in [0.15, 0.2) is 5.52 Å². The van der Waals surface area contributed by atoms with Crippen molar-refractivity contribution < 1.29 is 9.53 Å². The molecule has 0 bridgehead atoms. The van der Waals surface area contributed by atoms with Crippen molar-refractivity contribution >= 4 is 44.3 Å². The summed E-state index contributed by atoms with van der Waals surface area (Å²) in [4.78, 5) is 28.5. The van der Waals surface area contributed by atoms with Crippen LogP contribution >= 0.6 is 11.3 Å². The van der Waals surface area contributed by atoms with Crippen molar-refractivity contribution in [3.05, 3.63) is 35.0 Å². The van der Waals surface area contributed by atoms with Crippen molar-refractivity contribution in [2.75, 3.05) is 37.7 Å². The number of carbonyl (C=O) groups excluding carboxylic acids is 1. The van der Waals surface area contributed by atoms with Crippen molar-refractivity contribution in [2.24, 2.45) is 0 Å². The number of nitrogens with one attached hydrogen (secondary N) is 1. The number of amides is 1. The standard InChI is InChI=1S/C23H27N7O2S/c1-3-18-15(2)20-22(24-14-25-23(20)33-18)30-11-9-29(10-12-30)19(31)8-5-13-32-17-7-4-6-16-21(17)27-28-26-16/h4,6-7,14H,3,5,8-13H2,1-2H3,(H,26,27,28).